The van der Waals surface area contributed by atoms with Crippen molar-refractivity contribution in [3.63, 3.8) is 0 Å². The number of aryl methyl sites for hydroxylation is 1. The van der Waals surface area contributed by atoms with E-state index in [4.69, 9.17) is 4.42 Å². The van der Waals surface area contributed by atoms with Gasteiger partial charge in [-0.3, -0.25) is 0 Å². The minimum absolute atomic E-state index is 0.938. The van der Waals surface area contributed by atoms with Crippen molar-refractivity contribution in [3.8, 4) is 5.69 Å². The molecule has 27 heavy (non-hydrogen) atoms. The van der Waals surface area contributed by atoms with Gasteiger partial charge < -0.3 is 8.98 Å². The van der Waals surface area contributed by atoms with Gasteiger partial charge in [0.1, 0.15) is 11.2 Å². The first-order valence-corrected chi connectivity index (χ1v) is 9.22. The maximum absolute atomic E-state index is 6.26. The van der Waals surface area contributed by atoms with Gasteiger partial charge in [-0.1, -0.05) is 54.6 Å². The lowest BCUT2D eigenvalue weighted by Gasteiger charge is -2.08. The molecule has 0 aliphatic rings. The van der Waals surface area contributed by atoms with Crippen LogP contribution in [0.15, 0.2) is 89.3 Å². The fraction of sp³-hybridized carbons (Fsp3) is 0.0400. The van der Waals surface area contributed by atoms with Crippen molar-refractivity contribution < 1.29 is 4.42 Å². The molecule has 0 atom stereocenters. The Hall–Kier alpha value is -3.52. The summed E-state index contributed by atoms with van der Waals surface area (Å²) in [4.78, 5) is 0. The summed E-state index contributed by atoms with van der Waals surface area (Å²) in [6, 6.07) is 29.8. The summed E-state index contributed by atoms with van der Waals surface area (Å²) in [5.74, 6) is 0. The number of rotatable bonds is 1. The second-order valence-electron chi connectivity index (χ2n) is 7.08. The topological polar surface area (TPSA) is 18.1 Å². The lowest BCUT2D eigenvalue weighted by atomic mass is 10.0. The molecular weight excluding hydrogens is 330 g/mol. The normalized spacial score (nSPS) is 11.9. The summed E-state index contributed by atoms with van der Waals surface area (Å²) in [5, 5.41) is 4.90. The van der Waals surface area contributed by atoms with E-state index in [-0.39, 0.29) is 0 Å². The summed E-state index contributed by atoms with van der Waals surface area (Å²) < 4.78 is 8.63. The van der Waals surface area contributed by atoms with Crippen LogP contribution in [-0.2, 0) is 0 Å². The Morgan fingerprint density at radius 3 is 2.26 bits per heavy atom. The van der Waals surface area contributed by atoms with Crippen LogP contribution < -0.4 is 0 Å². The first-order chi connectivity index (χ1) is 13.3. The van der Waals surface area contributed by atoms with E-state index in [1.807, 2.05) is 6.07 Å². The Bertz CT molecular complexity index is 1470. The zero-order valence-corrected chi connectivity index (χ0v) is 14.9. The second kappa shape index (κ2) is 5.24. The Morgan fingerprint density at radius 2 is 1.41 bits per heavy atom. The van der Waals surface area contributed by atoms with E-state index >= 15 is 0 Å². The van der Waals surface area contributed by atoms with Crippen LogP contribution in [0.4, 0.5) is 0 Å². The van der Waals surface area contributed by atoms with Crippen LogP contribution in [0, 0.1) is 6.92 Å². The van der Waals surface area contributed by atoms with Crippen LogP contribution in [0.2, 0.25) is 0 Å². The zero-order valence-electron chi connectivity index (χ0n) is 14.9. The van der Waals surface area contributed by atoms with Gasteiger partial charge >= 0.3 is 0 Å². The van der Waals surface area contributed by atoms with Gasteiger partial charge in [0.15, 0.2) is 0 Å². The van der Waals surface area contributed by atoms with E-state index in [1.165, 1.54) is 43.8 Å². The predicted molar refractivity (Wildman–Crippen MR) is 113 cm³/mol. The highest BCUT2D eigenvalue weighted by Crippen LogP contribution is 2.41. The highest BCUT2D eigenvalue weighted by atomic mass is 16.3. The summed E-state index contributed by atoms with van der Waals surface area (Å²) in [5.41, 5.74) is 6.68. The quantitative estimate of drug-likeness (QED) is 0.313. The van der Waals surface area contributed by atoms with E-state index in [0.29, 0.717) is 0 Å². The molecule has 4 aromatic carbocycles. The molecule has 0 N–H and O–H groups in total. The van der Waals surface area contributed by atoms with Crippen LogP contribution in [0.5, 0.6) is 0 Å². The maximum atomic E-state index is 6.26. The summed E-state index contributed by atoms with van der Waals surface area (Å²) in [6.07, 6.45) is 0. The van der Waals surface area contributed by atoms with E-state index in [2.05, 4.69) is 90.4 Å². The average molecular weight is 347 g/mol. The highest BCUT2D eigenvalue weighted by Gasteiger charge is 2.20. The molecule has 2 aromatic heterocycles. The van der Waals surface area contributed by atoms with Crippen LogP contribution >= 0.6 is 0 Å². The molecule has 0 aliphatic carbocycles. The van der Waals surface area contributed by atoms with Gasteiger partial charge in [0.25, 0.3) is 0 Å². The number of furan rings is 1. The zero-order chi connectivity index (χ0) is 18.0. The molecule has 0 saturated heterocycles. The standard InChI is InChI=1S/C25H17NO/c1-16-15-20-18-11-5-7-13-21(18)26(17-9-3-2-4-10-17)24(20)23-19-12-6-8-14-22(19)27-25(16)23/h2-15H,1H3. The van der Waals surface area contributed by atoms with Gasteiger partial charge in [0, 0.05) is 21.8 Å². The molecule has 0 saturated carbocycles. The van der Waals surface area contributed by atoms with Crippen molar-refractivity contribution in [3.05, 3.63) is 90.5 Å². The third-order valence-corrected chi connectivity index (χ3v) is 5.48. The fourth-order valence-corrected chi connectivity index (χ4v) is 4.34. The minimum atomic E-state index is 0.938. The lowest BCUT2D eigenvalue weighted by Crippen LogP contribution is -1.93. The lowest BCUT2D eigenvalue weighted by molar-refractivity contribution is 0.666. The van der Waals surface area contributed by atoms with Crippen molar-refractivity contribution >= 4 is 43.7 Å². The van der Waals surface area contributed by atoms with Gasteiger partial charge in [0.2, 0.25) is 0 Å². The summed E-state index contributed by atoms with van der Waals surface area (Å²) in [7, 11) is 0. The fourth-order valence-electron chi connectivity index (χ4n) is 4.34. The maximum Gasteiger partial charge on any atom is 0.140 e. The highest BCUT2D eigenvalue weighted by molar-refractivity contribution is 6.25. The SMILES string of the molecule is Cc1cc2c3ccccc3n(-c3ccccc3)c2c2c1oc1ccccc12. The number of benzene rings is 4. The van der Waals surface area contributed by atoms with Crippen LogP contribution in [0.3, 0.4) is 0 Å². The number of hydrogen-bond donors (Lipinski definition) is 0. The molecule has 2 heteroatoms. The number of para-hydroxylation sites is 3. The Kier molecular flexibility index (Phi) is 2.84. The molecule has 0 spiro atoms. The van der Waals surface area contributed by atoms with Crippen molar-refractivity contribution in [2.45, 2.75) is 6.92 Å². The molecule has 0 unspecified atom stereocenters. The molecule has 0 fully saturated rings. The van der Waals surface area contributed by atoms with Gasteiger partial charge in [-0.25, -0.2) is 0 Å². The number of hydrogen-bond acceptors (Lipinski definition) is 1. The molecule has 128 valence electrons. The van der Waals surface area contributed by atoms with Crippen molar-refractivity contribution in [1.82, 2.24) is 4.57 Å². The van der Waals surface area contributed by atoms with Crippen LogP contribution in [0.25, 0.3) is 49.4 Å². The smallest absolute Gasteiger partial charge is 0.140 e. The molecule has 6 rings (SSSR count). The minimum Gasteiger partial charge on any atom is -0.456 e. The van der Waals surface area contributed by atoms with Gasteiger partial charge in [-0.2, -0.15) is 0 Å². The van der Waals surface area contributed by atoms with E-state index in [1.54, 1.807) is 0 Å². The number of aromatic nitrogens is 1. The van der Waals surface area contributed by atoms with Crippen LogP contribution in [0.1, 0.15) is 5.56 Å². The third kappa shape index (κ3) is 1.90. The monoisotopic (exact) mass is 347 g/mol. The van der Waals surface area contributed by atoms with Crippen LogP contribution in [-0.4, -0.2) is 4.57 Å². The van der Waals surface area contributed by atoms with E-state index < -0.39 is 0 Å². The second-order valence-corrected chi connectivity index (χ2v) is 7.08. The summed E-state index contributed by atoms with van der Waals surface area (Å²) in [6.45, 7) is 2.14. The predicted octanol–water partition coefficient (Wildman–Crippen LogP) is 6.99. The van der Waals surface area contributed by atoms with Crippen molar-refractivity contribution in [2.24, 2.45) is 0 Å². The molecule has 0 amide bonds. The molecule has 0 radical (unpaired) electrons. The average Bonchev–Trinajstić information content (AvgIpc) is 3.25. The van der Waals surface area contributed by atoms with E-state index in [9.17, 15) is 0 Å². The first-order valence-electron chi connectivity index (χ1n) is 9.22. The molecule has 6 aromatic rings. The van der Waals surface area contributed by atoms with Gasteiger partial charge in [-0.05, 0) is 42.8 Å². The third-order valence-electron chi connectivity index (χ3n) is 5.48. The molecule has 0 bridgehead atoms. The summed E-state index contributed by atoms with van der Waals surface area (Å²) >= 11 is 0. The Balaban J connectivity index is 1.98. The van der Waals surface area contributed by atoms with Gasteiger partial charge in [0.05, 0.1) is 16.4 Å². The Morgan fingerprint density at radius 1 is 0.704 bits per heavy atom. The van der Waals surface area contributed by atoms with Crippen molar-refractivity contribution in [2.75, 3.05) is 0 Å². The molecular formula is C25H17NO. The Labute approximate surface area is 156 Å². The van der Waals surface area contributed by atoms with E-state index in [0.717, 1.165) is 11.2 Å². The van der Waals surface area contributed by atoms with Crippen molar-refractivity contribution in [1.29, 1.82) is 0 Å². The molecule has 0 aliphatic heterocycles. The first kappa shape index (κ1) is 14.6. The van der Waals surface area contributed by atoms with Gasteiger partial charge in [-0.15, -0.1) is 0 Å². The molecule has 2 nitrogen and oxygen atoms in total. The number of nitrogens with zero attached hydrogens (tertiary/aromatic N) is 1. The largest absolute Gasteiger partial charge is 0.456 e. The molecule has 2 heterocycles. The number of fused-ring (bicyclic) bond motifs is 7.